The molecule has 1 aromatic heterocycles. The number of benzene rings is 1. The van der Waals surface area contributed by atoms with Crippen LogP contribution in [0.3, 0.4) is 0 Å². The van der Waals surface area contributed by atoms with E-state index in [2.05, 4.69) is 38.4 Å². The number of fused-ring (bicyclic) bond motifs is 1. The van der Waals surface area contributed by atoms with Crippen molar-refractivity contribution < 1.29 is 14.6 Å². The van der Waals surface area contributed by atoms with Gasteiger partial charge in [0.15, 0.2) is 0 Å². The summed E-state index contributed by atoms with van der Waals surface area (Å²) in [5.74, 6) is 0.531. The molecule has 2 aliphatic carbocycles. The highest BCUT2D eigenvalue weighted by molar-refractivity contribution is 5.89. The maximum atomic E-state index is 11.3. The first-order chi connectivity index (χ1) is 15.7. The Hall–Kier alpha value is -2.25. The molecule has 3 fully saturated rings. The summed E-state index contributed by atoms with van der Waals surface area (Å²) in [5, 5.41) is 14.1. The molecule has 32 heavy (non-hydrogen) atoms. The van der Waals surface area contributed by atoms with E-state index in [0.29, 0.717) is 18.0 Å². The number of aliphatic carboxylic acids is 1. The Balaban J connectivity index is 1.25. The minimum Gasteiger partial charge on any atom is -0.481 e. The first-order valence-electron chi connectivity index (χ1n) is 12.2. The lowest BCUT2D eigenvalue weighted by molar-refractivity contribution is -0.142. The number of aromatic nitrogens is 2. The Kier molecular flexibility index (Phi) is 6.55. The molecule has 3 aliphatic rings. The minimum atomic E-state index is -0.648. The fraction of sp³-hybridized carbons (Fsp3) is 0.640. The molecule has 0 amide bonds. The fourth-order valence-corrected chi connectivity index (χ4v) is 5.84. The first-order valence-corrected chi connectivity index (χ1v) is 12.2. The Labute approximate surface area is 189 Å². The van der Waals surface area contributed by atoms with Crippen molar-refractivity contribution in [2.24, 2.45) is 5.92 Å². The summed E-state index contributed by atoms with van der Waals surface area (Å²) < 4.78 is 5.51. The van der Waals surface area contributed by atoms with E-state index < -0.39 is 5.97 Å². The summed E-state index contributed by atoms with van der Waals surface area (Å²) in [6.07, 6.45) is 9.81. The molecule has 0 spiro atoms. The molecule has 0 radical (unpaired) electrons. The first kappa shape index (κ1) is 21.6. The second kappa shape index (κ2) is 9.71. The average Bonchev–Trinajstić information content (AvgIpc) is 2.85. The van der Waals surface area contributed by atoms with Crippen molar-refractivity contribution in [1.29, 1.82) is 0 Å². The smallest absolute Gasteiger partial charge is 0.306 e. The quantitative estimate of drug-likeness (QED) is 0.728. The highest BCUT2D eigenvalue weighted by atomic mass is 16.5. The number of rotatable bonds is 5. The van der Waals surface area contributed by atoms with Crippen LogP contribution in [0.2, 0.25) is 0 Å². The maximum Gasteiger partial charge on any atom is 0.306 e. The number of anilines is 1. The molecule has 2 heterocycles. The van der Waals surface area contributed by atoms with Crippen molar-refractivity contribution in [2.75, 3.05) is 31.6 Å². The summed E-state index contributed by atoms with van der Waals surface area (Å²) in [5.41, 5.74) is 2.25. The standard InChI is InChI=1S/C25H34N4O3/c30-25(31)18-3-1-17(2-4-18)19-5-10-23-22(15-19)24(27-16-26-23)28-20-6-8-21(9-7-20)29-11-13-32-14-12-29/h5,10,15-18,20-21H,1-4,6-9,11-14H2,(H,30,31)(H,26,27,28). The highest BCUT2D eigenvalue weighted by Gasteiger charge is 2.28. The fourth-order valence-electron chi connectivity index (χ4n) is 5.84. The van der Waals surface area contributed by atoms with E-state index in [4.69, 9.17) is 4.74 Å². The lowest BCUT2D eigenvalue weighted by Gasteiger charge is -2.39. The van der Waals surface area contributed by atoms with Gasteiger partial charge in [-0.1, -0.05) is 6.07 Å². The van der Waals surface area contributed by atoms with Gasteiger partial charge in [0.05, 0.1) is 24.6 Å². The Morgan fingerprint density at radius 2 is 1.75 bits per heavy atom. The summed E-state index contributed by atoms with van der Waals surface area (Å²) in [7, 11) is 0. The molecule has 1 aromatic carbocycles. The van der Waals surface area contributed by atoms with Gasteiger partial charge in [-0.25, -0.2) is 9.97 Å². The van der Waals surface area contributed by atoms with E-state index >= 15 is 0 Å². The van der Waals surface area contributed by atoms with Gasteiger partial charge in [-0.05, 0) is 75.0 Å². The predicted octanol–water partition coefficient (Wildman–Crippen LogP) is 4.04. The molecule has 5 rings (SSSR count). The maximum absolute atomic E-state index is 11.3. The third kappa shape index (κ3) is 4.74. The van der Waals surface area contributed by atoms with E-state index in [1.807, 2.05) is 0 Å². The molecule has 7 heteroatoms. The zero-order chi connectivity index (χ0) is 21.9. The zero-order valence-corrected chi connectivity index (χ0v) is 18.7. The summed E-state index contributed by atoms with van der Waals surface area (Å²) in [4.78, 5) is 23.0. The Morgan fingerprint density at radius 3 is 2.47 bits per heavy atom. The van der Waals surface area contributed by atoms with Gasteiger partial charge < -0.3 is 15.2 Å². The number of hydrogen-bond donors (Lipinski definition) is 2. The second-order valence-corrected chi connectivity index (χ2v) is 9.68. The van der Waals surface area contributed by atoms with Gasteiger partial charge in [0.1, 0.15) is 12.1 Å². The number of morpholine rings is 1. The molecule has 7 nitrogen and oxygen atoms in total. The van der Waals surface area contributed by atoms with E-state index in [-0.39, 0.29) is 5.92 Å². The van der Waals surface area contributed by atoms with Crippen LogP contribution in [0.15, 0.2) is 24.5 Å². The summed E-state index contributed by atoms with van der Waals surface area (Å²) >= 11 is 0. The molecule has 0 bridgehead atoms. The van der Waals surface area contributed by atoms with Crippen LogP contribution in [0.5, 0.6) is 0 Å². The number of ether oxygens (including phenoxy) is 1. The lowest BCUT2D eigenvalue weighted by atomic mass is 9.78. The van der Waals surface area contributed by atoms with Gasteiger partial charge in [0.2, 0.25) is 0 Å². The third-order valence-electron chi connectivity index (χ3n) is 7.81. The van der Waals surface area contributed by atoms with Crippen LogP contribution in [0.4, 0.5) is 5.82 Å². The van der Waals surface area contributed by atoms with E-state index in [1.54, 1.807) is 6.33 Å². The van der Waals surface area contributed by atoms with Crippen molar-refractivity contribution in [3.05, 3.63) is 30.1 Å². The Bertz CT molecular complexity index is 930. The summed E-state index contributed by atoms with van der Waals surface area (Å²) in [6, 6.07) is 7.63. The largest absolute Gasteiger partial charge is 0.481 e. The molecule has 0 unspecified atom stereocenters. The van der Waals surface area contributed by atoms with Crippen molar-refractivity contribution >= 4 is 22.7 Å². The molecule has 0 atom stereocenters. The van der Waals surface area contributed by atoms with Gasteiger partial charge in [-0.3, -0.25) is 9.69 Å². The number of carbonyl (C=O) groups is 1. The average molecular weight is 439 g/mol. The number of nitrogens with one attached hydrogen (secondary N) is 1. The zero-order valence-electron chi connectivity index (χ0n) is 18.7. The van der Waals surface area contributed by atoms with Crippen molar-refractivity contribution in [3.63, 3.8) is 0 Å². The van der Waals surface area contributed by atoms with Crippen molar-refractivity contribution in [2.45, 2.75) is 69.4 Å². The van der Waals surface area contributed by atoms with E-state index in [9.17, 15) is 9.90 Å². The van der Waals surface area contributed by atoms with Crippen LogP contribution in [0.25, 0.3) is 10.9 Å². The van der Waals surface area contributed by atoms with Crippen molar-refractivity contribution in [1.82, 2.24) is 14.9 Å². The monoisotopic (exact) mass is 438 g/mol. The number of hydrogen-bond acceptors (Lipinski definition) is 6. The van der Waals surface area contributed by atoms with Gasteiger partial charge in [-0.15, -0.1) is 0 Å². The van der Waals surface area contributed by atoms with Crippen LogP contribution in [0, 0.1) is 5.92 Å². The molecule has 2 saturated carbocycles. The molecule has 2 aromatic rings. The molecule has 172 valence electrons. The van der Waals surface area contributed by atoms with E-state index in [0.717, 1.165) is 81.5 Å². The van der Waals surface area contributed by atoms with Gasteiger partial charge in [0.25, 0.3) is 0 Å². The number of carboxylic acid groups (broad SMARTS) is 1. The highest BCUT2D eigenvalue weighted by Crippen LogP contribution is 2.37. The second-order valence-electron chi connectivity index (χ2n) is 9.68. The van der Waals surface area contributed by atoms with Crippen LogP contribution < -0.4 is 5.32 Å². The molecule has 1 saturated heterocycles. The third-order valence-corrected chi connectivity index (χ3v) is 7.81. The van der Waals surface area contributed by atoms with Gasteiger partial charge >= 0.3 is 5.97 Å². The minimum absolute atomic E-state index is 0.181. The van der Waals surface area contributed by atoms with Crippen LogP contribution in [0.1, 0.15) is 62.8 Å². The van der Waals surface area contributed by atoms with Crippen LogP contribution in [-0.4, -0.2) is 64.3 Å². The van der Waals surface area contributed by atoms with Crippen molar-refractivity contribution in [3.8, 4) is 0 Å². The number of carboxylic acids is 1. The molecule has 2 N–H and O–H groups in total. The topological polar surface area (TPSA) is 87.6 Å². The Morgan fingerprint density at radius 1 is 1.00 bits per heavy atom. The van der Waals surface area contributed by atoms with E-state index in [1.165, 1.54) is 18.4 Å². The summed E-state index contributed by atoms with van der Waals surface area (Å²) in [6.45, 7) is 3.86. The number of nitrogens with zero attached hydrogens (tertiary/aromatic N) is 3. The lowest BCUT2D eigenvalue weighted by Crippen LogP contribution is -2.46. The van der Waals surface area contributed by atoms with Gasteiger partial charge in [0, 0.05) is 30.6 Å². The van der Waals surface area contributed by atoms with Gasteiger partial charge in [-0.2, -0.15) is 0 Å². The molecular formula is C25H34N4O3. The van der Waals surface area contributed by atoms with Crippen LogP contribution >= 0.6 is 0 Å². The molecule has 1 aliphatic heterocycles. The molecular weight excluding hydrogens is 404 g/mol. The van der Waals surface area contributed by atoms with Crippen LogP contribution in [-0.2, 0) is 9.53 Å². The normalized spacial score (nSPS) is 29.6. The predicted molar refractivity (Wildman–Crippen MR) is 124 cm³/mol. The SMILES string of the molecule is O=C(O)C1CCC(c2ccc3ncnc(NC4CCC(N5CCOCC5)CC4)c3c2)CC1.